The van der Waals surface area contributed by atoms with Gasteiger partial charge in [0, 0.05) is 19.8 Å². The Hall–Kier alpha value is -2.09. The monoisotopic (exact) mass is 218 g/mol. The molecule has 5 nitrogen and oxygen atoms in total. The largest absolute Gasteiger partial charge is 0.358 e. The third-order valence-electron chi connectivity index (χ3n) is 2.20. The first-order valence-electron chi connectivity index (χ1n) is 5.03. The minimum Gasteiger partial charge on any atom is -0.358 e. The molecule has 1 heterocycles. The number of carbonyl (C=O) groups is 1. The predicted molar refractivity (Wildman–Crippen MR) is 60.9 cm³/mol. The zero-order chi connectivity index (χ0) is 12.0. The van der Waals surface area contributed by atoms with Crippen molar-refractivity contribution in [3.8, 4) is 6.07 Å². The number of nitrogens with zero attached hydrogens (tertiary/aromatic N) is 3. The molecule has 5 heteroatoms. The Balaban J connectivity index is 2.95. The third-order valence-corrected chi connectivity index (χ3v) is 2.20. The highest BCUT2D eigenvalue weighted by atomic mass is 16.1. The van der Waals surface area contributed by atoms with Gasteiger partial charge in [0.25, 0.3) is 0 Å². The summed E-state index contributed by atoms with van der Waals surface area (Å²) in [6.07, 6.45) is 1.61. The summed E-state index contributed by atoms with van der Waals surface area (Å²) in [5.41, 5.74) is 0.480. The van der Waals surface area contributed by atoms with Gasteiger partial charge >= 0.3 is 0 Å². The van der Waals surface area contributed by atoms with Gasteiger partial charge in [-0.05, 0) is 19.1 Å². The maximum absolute atomic E-state index is 11.3. The summed E-state index contributed by atoms with van der Waals surface area (Å²) >= 11 is 0. The van der Waals surface area contributed by atoms with Crippen LogP contribution in [0.4, 0.5) is 5.82 Å². The van der Waals surface area contributed by atoms with Crippen molar-refractivity contribution in [2.75, 3.05) is 25.0 Å². The molecule has 84 valence electrons. The summed E-state index contributed by atoms with van der Waals surface area (Å²) in [6, 6.07) is 5.46. The van der Waals surface area contributed by atoms with E-state index >= 15 is 0 Å². The third kappa shape index (κ3) is 2.70. The van der Waals surface area contributed by atoms with Crippen LogP contribution in [0, 0.1) is 11.3 Å². The van der Waals surface area contributed by atoms with E-state index in [0.717, 1.165) is 0 Å². The number of nitriles is 1. The normalized spacial score (nSPS) is 9.31. The van der Waals surface area contributed by atoms with Crippen molar-refractivity contribution in [1.29, 1.82) is 5.26 Å². The van der Waals surface area contributed by atoms with Crippen molar-refractivity contribution in [2.45, 2.75) is 6.92 Å². The van der Waals surface area contributed by atoms with E-state index in [1.54, 1.807) is 30.3 Å². The smallest absolute Gasteiger partial charge is 0.239 e. The van der Waals surface area contributed by atoms with E-state index in [0.29, 0.717) is 17.9 Å². The molecule has 0 fully saturated rings. The summed E-state index contributed by atoms with van der Waals surface area (Å²) in [4.78, 5) is 17.2. The van der Waals surface area contributed by atoms with Crippen molar-refractivity contribution in [1.82, 2.24) is 10.3 Å². The number of hydrogen-bond acceptors (Lipinski definition) is 4. The van der Waals surface area contributed by atoms with Crippen molar-refractivity contribution >= 4 is 11.7 Å². The standard InChI is InChI=1S/C11H14N4O/c1-3-15(8-10(16)13-2)11-9(7-12)5-4-6-14-11/h4-6H,3,8H2,1-2H3,(H,13,16). The number of anilines is 1. The molecule has 16 heavy (non-hydrogen) atoms. The second kappa shape index (κ2) is 5.71. The van der Waals surface area contributed by atoms with Crippen LogP contribution in [0.5, 0.6) is 0 Å². The zero-order valence-electron chi connectivity index (χ0n) is 9.40. The molecule has 0 bridgehead atoms. The first-order valence-corrected chi connectivity index (χ1v) is 5.03. The van der Waals surface area contributed by atoms with Gasteiger partial charge in [0.2, 0.25) is 5.91 Å². The average molecular weight is 218 g/mol. The molecule has 0 unspecified atom stereocenters. The lowest BCUT2D eigenvalue weighted by atomic mass is 10.2. The summed E-state index contributed by atoms with van der Waals surface area (Å²) in [5.74, 6) is 0.451. The van der Waals surface area contributed by atoms with Crippen LogP contribution in [-0.4, -0.2) is 31.0 Å². The Labute approximate surface area is 94.7 Å². The Morgan fingerprint density at radius 3 is 3.00 bits per heavy atom. The number of aromatic nitrogens is 1. The van der Waals surface area contributed by atoms with Crippen LogP contribution in [0.3, 0.4) is 0 Å². The number of carbonyl (C=O) groups excluding carboxylic acids is 1. The number of pyridine rings is 1. The fourth-order valence-electron chi connectivity index (χ4n) is 1.33. The van der Waals surface area contributed by atoms with Crippen LogP contribution in [0.1, 0.15) is 12.5 Å². The molecule has 1 amide bonds. The summed E-state index contributed by atoms with van der Waals surface area (Å²) in [5, 5.41) is 11.5. The van der Waals surface area contributed by atoms with E-state index in [4.69, 9.17) is 5.26 Å². The molecule has 0 aliphatic heterocycles. The molecule has 0 aromatic carbocycles. The zero-order valence-corrected chi connectivity index (χ0v) is 9.40. The highest BCUT2D eigenvalue weighted by molar-refractivity contribution is 5.81. The Morgan fingerprint density at radius 1 is 1.69 bits per heavy atom. The molecular weight excluding hydrogens is 204 g/mol. The lowest BCUT2D eigenvalue weighted by molar-refractivity contribution is -0.119. The topological polar surface area (TPSA) is 69.0 Å². The van der Waals surface area contributed by atoms with Crippen molar-refractivity contribution in [2.24, 2.45) is 0 Å². The van der Waals surface area contributed by atoms with E-state index in [9.17, 15) is 4.79 Å². The van der Waals surface area contributed by atoms with Crippen LogP contribution < -0.4 is 10.2 Å². The van der Waals surface area contributed by atoms with Gasteiger partial charge in [-0.15, -0.1) is 0 Å². The van der Waals surface area contributed by atoms with E-state index in [1.165, 1.54) is 0 Å². The summed E-state index contributed by atoms with van der Waals surface area (Å²) in [6.45, 7) is 2.75. The molecule has 0 radical (unpaired) electrons. The molecule has 0 saturated carbocycles. The van der Waals surface area contributed by atoms with E-state index in [2.05, 4.69) is 16.4 Å². The molecular formula is C11H14N4O. The molecule has 0 aliphatic rings. The van der Waals surface area contributed by atoms with Crippen molar-refractivity contribution in [3.63, 3.8) is 0 Å². The van der Waals surface area contributed by atoms with Gasteiger partial charge in [-0.1, -0.05) is 0 Å². The quantitative estimate of drug-likeness (QED) is 0.800. The fourth-order valence-corrected chi connectivity index (χ4v) is 1.33. The number of amides is 1. The molecule has 1 aromatic rings. The van der Waals surface area contributed by atoms with Crippen molar-refractivity contribution < 1.29 is 4.79 Å². The van der Waals surface area contributed by atoms with Gasteiger partial charge in [-0.2, -0.15) is 5.26 Å². The number of nitrogens with one attached hydrogen (secondary N) is 1. The summed E-state index contributed by atoms with van der Waals surface area (Å²) < 4.78 is 0. The van der Waals surface area contributed by atoms with E-state index < -0.39 is 0 Å². The Morgan fingerprint density at radius 2 is 2.44 bits per heavy atom. The van der Waals surface area contributed by atoms with Crippen molar-refractivity contribution in [3.05, 3.63) is 23.9 Å². The van der Waals surface area contributed by atoms with E-state index in [1.807, 2.05) is 6.92 Å². The predicted octanol–water partition coefficient (Wildman–Crippen LogP) is 0.526. The molecule has 0 spiro atoms. The van der Waals surface area contributed by atoms with E-state index in [-0.39, 0.29) is 12.5 Å². The maximum atomic E-state index is 11.3. The molecule has 1 rings (SSSR count). The second-order valence-electron chi connectivity index (χ2n) is 3.17. The fraction of sp³-hybridized carbons (Fsp3) is 0.364. The lowest BCUT2D eigenvalue weighted by Gasteiger charge is -2.21. The summed E-state index contributed by atoms with van der Waals surface area (Å²) in [7, 11) is 1.58. The molecule has 0 saturated heterocycles. The van der Waals surface area contributed by atoms with Crippen LogP contribution in [0.25, 0.3) is 0 Å². The maximum Gasteiger partial charge on any atom is 0.239 e. The number of rotatable bonds is 4. The second-order valence-corrected chi connectivity index (χ2v) is 3.17. The first kappa shape index (κ1) is 12.0. The van der Waals surface area contributed by atoms with Gasteiger partial charge in [0.05, 0.1) is 12.1 Å². The highest BCUT2D eigenvalue weighted by Crippen LogP contribution is 2.15. The lowest BCUT2D eigenvalue weighted by Crippen LogP contribution is -2.36. The van der Waals surface area contributed by atoms with Crippen LogP contribution in [0.15, 0.2) is 18.3 Å². The van der Waals surface area contributed by atoms with Gasteiger partial charge in [-0.25, -0.2) is 4.98 Å². The first-order chi connectivity index (χ1) is 7.72. The van der Waals surface area contributed by atoms with Gasteiger partial charge in [0.15, 0.2) is 0 Å². The van der Waals surface area contributed by atoms with Crippen LogP contribution >= 0.6 is 0 Å². The Kier molecular flexibility index (Phi) is 4.28. The molecule has 0 atom stereocenters. The molecule has 1 N–H and O–H groups in total. The minimum atomic E-state index is -0.101. The van der Waals surface area contributed by atoms with Gasteiger partial charge < -0.3 is 10.2 Å². The van der Waals surface area contributed by atoms with Gasteiger partial charge in [0.1, 0.15) is 11.9 Å². The SMILES string of the molecule is CCN(CC(=O)NC)c1ncccc1C#N. The van der Waals surface area contributed by atoms with Crippen LogP contribution in [0.2, 0.25) is 0 Å². The highest BCUT2D eigenvalue weighted by Gasteiger charge is 2.13. The average Bonchev–Trinajstić information content (AvgIpc) is 2.35. The van der Waals surface area contributed by atoms with Gasteiger partial charge in [-0.3, -0.25) is 4.79 Å². The molecule has 0 aliphatic carbocycles. The number of hydrogen-bond donors (Lipinski definition) is 1. The number of likely N-dealkylation sites (N-methyl/N-ethyl adjacent to an activating group) is 2. The minimum absolute atomic E-state index is 0.101. The Bertz CT molecular complexity index is 411. The van der Waals surface area contributed by atoms with Crippen LogP contribution in [-0.2, 0) is 4.79 Å². The molecule has 1 aromatic heterocycles.